The van der Waals surface area contributed by atoms with Crippen molar-refractivity contribution in [3.05, 3.63) is 28.9 Å². The molecule has 0 aromatic carbocycles. The molecule has 2 aromatic heterocycles. The molecule has 0 spiro atoms. The SMILES string of the molecule is CN(C(=O)CCS(C)(=O)=O)c1sc(-c2cncc(F)c2)nc1Br. The highest BCUT2D eigenvalue weighted by Crippen LogP contribution is 2.37. The standard InChI is InChI=1S/C13H13BrFN3O3S2/c1-18(10(19)3-4-23(2,20)21)13-11(14)17-12(22-13)8-5-9(15)7-16-6-8/h5-7H,3-4H2,1-2H3. The van der Waals surface area contributed by atoms with Crippen molar-refractivity contribution in [2.75, 3.05) is 24.0 Å². The monoisotopic (exact) mass is 421 g/mol. The largest absolute Gasteiger partial charge is 0.305 e. The fourth-order valence-corrected chi connectivity index (χ4v) is 3.97. The third-order valence-corrected chi connectivity index (χ3v) is 5.83. The summed E-state index contributed by atoms with van der Waals surface area (Å²) in [5.41, 5.74) is 0.499. The number of anilines is 1. The Morgan fingerprint density at radius 1 is 1.43 bits per heavy atom. The third kappa shape index (κ3) is 4.79. The van der Waals surface area contributed by atoms with E-state index in [9.17, 15) is 17.6 Å². The van der Waals surface area contributed by atoms with Gasteiger partial charge in [-0.1, -0.05) is 11.3 Å². The average molecular weight is 422 g/mol. The van der Waals surface area contributed by atoms with Crippen LogP contribution in [0.2, 0.25) is 0 Å². The fourth-order valence-electron chi connectivity index (χ4n) is 1.71. The van der Waals surface area contributed by atoms with Crippen LogP contribution >= 0.6 is 27.3 Å². The molecule has 0 atom stereocenters. The summed E-state index contributed by atoms with van der Waals surface area (Å²) >= 11 is 4.45. The summed E-state index contributed by atoms with van der Waals surface area (Å²) in [6, 6.07) is 1.30. The number of amides is 1. The van der Waals surface area contributed by atoms with Crippen molar-refractivity contribution < 1.29 is 17.6 Å². The maximum Gasteiger partial charge on any atom is 0.228 e. The Kier molecular flexibility index (Phi) is 5.48. The fraction of sp³-hybridized carbons (Fsp3) is 0.308. The normalized spacial score (nSPS) is 11.5. The Labute approximate surface area is 145 Å². The summed E-state index contributed by atoms with van der Waals surface area (Å²) < 4.78 is 36.0. The second kappa shape index (κ2) is 7.02. The molecule has 0 fully saturated rings. The van der Waals surface area contributed by atoms with E-state index in [4.69, 9.17) is 0 Å². The van der Waals surface area contributed by atoms with Gasteiger partial charge in [-0.05, 0) is 22.0 Å². The van der Waals surface area contributed by atoms with E-state index in [2.05, 4.69) is 25.9 Å². The molecule has 10 heteroatoms. The highest BCUT2D eigenvalue weighted by Gasteiger charge is 2.20. The summed E-state index contributed by atoms with van der Waals surface area (Å²) in [5.74, 6) is -1.04. The van der Waals surface area contributed by atoms with Gasteiger partial charge in [-0.3, -0.25) is 9.78 Å². The van der Waals surface area contributed by atoms with Crippen LogP contribution in [0.25, 0.3) is 10.6 Å². The topological polar surface area (TPSA) is 80.2 Å². The number of rotatable bonds is 5. The number of sulfone groups is 1. The van der Waals surface area contributed by atoms with Crippen LogP contribution in [-0.4, -0.2) is 43.3 Å². The number of halogens is 2. The second-order valence-corrected chi connectivity index (χ2v) is 8.83. The van der Waals surface area contributed by atoms with Crippen molar-refractivity contribution >= 4 is 48.0 Å². The lowest BCUT2D eigenvalue weighted by Crippen LogP contribution is -2.27. The van der Waals surface area contributed by atoms with E-state index in [-0.39, 0.29) is 18.1 Å². The van der Waals surface area contributed by atoms with Crippen LogP contribution in [0.3, 0.4) is 0 Å². The third-order valence-electron chi connectivity index (χ3n) is 2.89. The number of hydrogen-bond donors (Lipinski definition) is 0. The van der Waals surface area contributed by atoms with E-state index in [0.29, 0.717) is 20.2 Å². The van der Waals surface area contributed by atoms with Crippen molar-refractivity contribution in [3.8, 4) is 10.6 Å². The number of nitrogens with zero attached hydrogens (tertiary/aromatic N) is 3. The molecule has 0 aliphatic heterocycles. The van der Waals surface area contributed by atoms with E-state index in [1.807, 2.05) is 0 Å². The number of aromatic nitrogens is 2. The van der Waals surface area contributed by atoms with Gasteiger partial charge in [0.1, 0.15) is 30.3 Å². The van der Waals surface area contributed by atoms with Crippen molar-refractivity contribution in [1.29, 1.82) is 0 Å². The summed E-state index contributed by atoms with van der Waals surface area (Å²) in [5, 5.41) is 1.02. The van der Waals surface area contributed by atoms with Gasteiger partial charge in [-0.15, -0.1) is 0 Å². The van der Waals surface area contributed by atoms with E-state index < -0.39 is 15.7 Å². The molecule has 0 aliphatic rings. The predicted octanol–water partition coefficient (Wildman–Crippen LogP) is 2.50. The lowest BCUT2D eigenvalue weighted by molar-refractivity contribution is -0.117. The molecule has 0 unspecified atom stereocenters. The molecule has 1 amide bonds. The van der Waals surface area contributed by atoms with Gasteiger partial charge in [0.05, 0.1) is 11.9 Å². The Bertz CT molecular complexity index is 839. The van der Waals surface area contributed by atoms with Gasteiger partial charge in [0, 0.05) is 31.5 Å². The van der Waals surface area contributed by atoms with Crippen molar-refractivity contribution in [1.82, 2.24) is 9.97 Å². The minimum atomic E-state index is -3.21. The molecule has 0 radical (unpaired) electrons. The van der Waals surface area contributed by atoms with Gasteiger partial charge < -0.3 is 4.90 Å². The average Bonchev–Trinajstić information content (AvgIpc) is 2.85. The van der Waals surface area contributed by atoms with Gasteiger partial charge in [-0.2, -0.15) is 0 Å². The summed E-state index contributed by atoms with van der Waals surface area (Å²) in [6.07, 6.45) is 3.53. The molecule has 23 heavy (non-hydrogen) atoms. The van der Waals surface area contributed by atoms with Crippen molar-refractivity contribution in [2.24, 2.45) is 0 Å². The van der Waals surface area contributed by atoms with Crippen molar-refractivity contribution in [2.45, 2.75) is 6.42 Å². The van der Waals surface area contributed by atoms with Crippen LogP contribution < -0.4 is 4.90 Å². The predicted molar refractivity (Wildman–Crippen MR) is 90.7 cm³/mol. The molecule has 2 aromatic rings. The van der Waals surface area contributed by atoms with Gasteiger partial charge in [0.25, 0.3) is 0 Å². The summed E-state index contributed by atoms with van der Waals surface area (Å²) in [6.45, 7) is 0. The Morgan fingerprint density at radius 3 is 2.74 bits per heavy atom. The van der Waals surface area contributed by atoms with Crippen LogP contribution in [0.1, 0.15) is 6.42 Å². The molecular weight excluding hydrogens is 409 g/mol. The first-order valence-electron chi connectivity index (χ1n) is 6.39. The molecule has 0 saturated carbocycles. The van der Waals surface area contributed by atoms with Crippen LogP contribution in [-0.2, 0) is 14.6 Å². The van der Waals surface area contributed by atoms with Crippen LogP contribution in [0.4, 0.5) is 9.39 Å². The number of hydrogen-bond acceptors (Lipinski definition) is 6. The first-order valence-corrected chi connectivity index (χ1v) is 10.1. The lowest BCUT2D eigenvalue weighted by atomic mass is 10.3. The second-order valence-electron chi connectivity index (χ2n) is 4.84. The van der Waals surface area contributed by atoms with Crippen LogP contribution in [0, 0.1) is 5.82 Å². The molecule has 2 heterocycles. The highest BCUT2D eigenvalue weighted by molar-refractivity contribution is 9.10. The molecular formula is C13H13BrFN3O3S2. The van der Waals surface area contributed by atoms with Crippen LogP contribution in [0.5, 0.6) is 0 Å². The molecule has 0 N–H and O–H groups in total. The zero-order valence-corrected chi connectivity index (χ0v) is 15.5. The van der Waals surface area contributed by atoms with E-state index in [1.165, 1.54) is 35.5 Å². The Hall–Kier alpha value is -1.39. The zero-order chi connectivity index (χ0) is 17.2. The summed E-state index contributed by atoms with van der Waals surface area (Å²) in [4.78, 5) is 21.4. The highest BCUT2D eigenvalue weighted by atomic mass is 79.9. The number of thiazole rings is 1. The van der Waals surface area contributed by atoms with Crippen molar-refractivity contribution in [3.63, 3.8) is 0 Å². The number of pyridine rings is 1. The molecule has 2 rings (SSSR count). The molecule has 0 bridgehead atoms. The minimum absolute atomic E-state index is 0.115. The smallest absolute Gasteiger partial charge is 0.228 e. The Balaban J connectivity index is 2.22. The quantitative estimate of drug-likeness (QED) is 0.740. The Morgan fingerprint density at radius 2 is 2.13 bits per heavy atom. The number of carbonyl (C=O) groups excluding carboxylic acids is 1. The summed E-state index contributed by atoms with van der Waals surface area (Å²) in [7, 11) is -1.67. The van der Waals surface area contributed by atoms with E-state index >= 15 is 0 Å². The van der Waals surface area contributed by atoms with Gasteiger partial charge in [0.2, 0.25) is 5.91 Å². The van der Waals surface area contributed by atoms with Crippen LogP contribution in [0.15, 0.2) is 23.1 Å². The first-order chi connectivity index (χ1) is 10.7. The van der Waals surface area contributed by atoms with E-state index in [0.717, 1.165) is 12.5 Å². The molecule has 6 nitrogen and oxygen atoms in total. The van der Waals surface area contributed by atoms with Gasteiger partial charge in [-0.25, -0.2) is 17.8 Å². The molecule has 124 valence electrons. The molecule has 0 aliphatic carbocycles. The maximum atomic E-state index is 13.2. The first kappa shape index (κ1) is 18.0. The minimum Gasteiger partial charge on any atom is -0.305 e. The van der Waals surface area contributed by atoms with Gasteiger partial charge >= 0.3 is 0 Å². The lowest BCUT2D eigenvalue weighted by Gasteiger charge is -2.14. The zero-order valence-electron chi connectivity index (χ0n) is 12.3. The van der Waals surface area contributed by atoms with E-state index in [1.54, 1.807) is 0 Å². The molecule has 0 saturated heterocycles. The van der Waals surface area contributed by atoms with Gasteiger partial charge in [0.15, 0.2) is 0 Å². The maximum absolute atomic E-state index is 13.2. The number of carbonyl (C=O) groups is 1.